The summed E-state index contributed by atoms with van der Waals surface area (Å²) in [6.45, 7) is 1.85. The summed E-state index contributed by atoms with van der Waals surface area (Å²) in [5.74, 6) is 0.694. The first-order chi connectivity index (χ1) is 9.52. The second-order valence-corrected chi connectivity index (χ2v) is 4.60. The molecule has 2 aromatic carbocycles. The van der Waals surface area contributed by atoms with Gasteiger partial charge in [-0.15, -0.1) is 0 Å². The Kier molecular flexibility index (Phi) is 4.35. The average molecular weight is 278 g/mol. The zero-order valence-electron chi connectivity index (χ0n) is 11.3. The highest BCUT2D eigenvalue weighted by Crippen LogP contribution is 2.29. The van der Waals surface area contributed by atoms with Gasteiger partial charge in [-0.05, 0) is 41.8 Å². The molecule has 0 bridgehead atoms. The Morgan fingerprint density at radius 1 is 1.05 bits per heavy atom. The number of aliphatic hydroxyl groups is 1. The highest BCUT2D eigenvalue weighted by Gasteiger charge is 2.15. The number of alkyl halides is 2. The highest BCUT2D eigenvalue weighted by molar-refractivity contribution is 5.40. The molecule has 2 aromatic rings. The van der Waals surface area contributed by atoms with E-state index in [1.165, 1.54) is 18.2 Å². The van der Waals surface area contributed by atoms with Gasteiger partial charge in [0.1, 0.15) is 11.9 Å². The molecule has 1 atom stereocenters. The molecule has 0 aliphatic carbocycles. The van der Waals surface area contributed by atoms with Gasteiger partial charge in [0.15, 0.2) is 0 Å². The van der Waals surface area contributed by atoms with Crippen LogP contribution in [0.25, 0.3) is 0 Å². The summed E-state index contributed by atoms with van der Waals surface area (Å²) >= 11 is 0. The van der Waals surface area contributed by atoms with Crippen LogP contribution in [0.5, 0.6) is 5.75 Å². The Morgan fingerprint density at radius 2 is 1.75 bits per heavy atom. The number of benzene rings is 2. The first-order valence-electron chi connectivity index (χ1n) is 6.23. The van der Waals surface area contributed by atoms with Gasteiger partial charge in [0.2, 0.25) is 0 Å². The lowest BCUT2D eigenvalue weighted by atomic mass is 9.96. The Hall–Kier alpha value is -1.94. The minimum atomic E-state index is -2.54. The molecule has 1 N–H and O–H groups in total. The summed E-state index contributed by atoms with van der Waals surface area (Å²) in [5, 5.41) is 10.4. The maximum Gasteiger partial charge on any atom is 0.263 e. The van der Waals surface area contributed by atoms with Gasteiger partial charge in [0.25, 0.3) is 6.43 Å². The monoisotopic (exact) mass is 278 g/mol. The van der Waals surface area contributed by atoms with Crippen LogP contribution in [-0.2, 0) is 0 Å². The van der Waals surface area contributed by atoms with E-state index in [0.717, 1.165) is 5.56 Å². The van der Waals surface area contributed by atoms with Crippen LogP contribution < -0.4 is 4.74 Å². The first kappa shape index (κ1) is 14.5. The third-order valence-electron chi connectivity index (χ3n) is 3.25. The van der Waals surface area contributed by atoms with E-state index in [1.807, 2.05) is 6.92 Å². The van der Waals surface area contributed by atoms with Crippen molar-refractivity contribution in [1.29, 1.82) is 0 Å². The molecule has 1 unspecified atom stereocenters. The van der Waals surface area contributed by atoms with E-state index in [4.69, 9.17) is 4.74 Å². The van der Waals surface area contributed by atoms with Crippen LogP contribution in [0.15, 0.2) is 42.5 Å². The molecule has 0 spiro atoms. The average Bonchev–Trinajstić information content (AvgIpc) is 2.46. The fourth-order valence-electron chi connectivity index (χ4n) is 2.13. The van der Waals surface area contributed by atoms with Crippen molar-refractivity contribution in [3.8, 4) is 5.75 Å². The minimum Gasteiger partial charge on any atom is -0.497 e. The number of ether oxygens (including phenoxy) is 1. The fraction of sp³-hybridized carbons (Fsp3) is 0.250. The topological polar surface area (TPSA) is 29.5 Å². The standard InChI is InChI=1S/C16H16F2O2/c1-10-8-13(20-2)6-7-14(10)15(19)11-4-3-5-12(9-11)16(17)18/h3-9,15-16,19H,1-2H3. The lowest BCUT2D eigenvalue weighted by molar-refractivity contribution is 0.150. The van der Waals surface area contributed by atoms with Crippen LogP contribution in [0.2, 0.25) is 0 Å². The molecule has 0 aromatic heterocycles. The number of aliphatic hydroxyl groups excluding tert-OH is 1. The molecular formula is C16H16F2O2. The number of hydrogen-bond donors (Lipinski definition) is 1. The lowest BCUT2D eigenvalue weighted by Gasteiger charge is -2.16. The van der Waals surface area contributed by atoms with E-state index >= 15 is 0 Å². The number of rotatable bonds is 4. The van der Waals surface area contributed by atoms with Crippen molar-refractivity contribution in [3.05, 3.63) is 64.7 Å². The molecule has 2 nitrogen and oxygen atoms in total. The van der Waals surface area contributed by atoms with Crippen LogP contribution in [0.1, 0.15) is 34.8 Å². The molecule has 0 heterocycles. The van der Waals surface area contributed by atoms with Crippen molar-refractivity contribution in [2.24, 2.45) is 0 Å². The van der Waals surface area contributed by atoms with Gasteiger partial charge in [0.05, 0.1) is 7.11 Å². The van der Waals surface area contributed by atoms with Crippen molar-refractivity contribution in [2.75, 3.05) is 7.11 Å². The number of hydrogen-bond acceptors (Lipinski definition) is 2. The van der Waals surface area contributed by atoms with Crippen LogP contribution in [0, 0.1) is 6.92 Å². The third kappa shape index (κ3) is 2.96. The smallest absolute Gasteiger partial charge is 0.263 e. The highest BCUT2D eigenvalue weighted by atomic mass is 19.3. The van der Waals surface area contributed by atoms with Crippen molar-refractivity contribution in [3.63, 3.8) is 0 Å². The largest absolute Gasteiger partial charge is 0.497 e. The summed E-state index contributed by atoms with van der Waals surface area (Å²) in [4.78, 5) is 0. The summed E-state index contributed by atoms with van der Waals surface area (Å²) in [7, 11) is 1.57. The predicted molar refractivity (Wildman–Crippen MR) is 73.2 cm³/mol. The molecule has 0 fully saturated rings. The van der Waals surface area contributed by atoms with E-state index in [9.17, 15) is 13.9 Å². The van der Waals surface area contributed by atoms with Gasteiger partial charge < -0.3 is 9.84 Å². The quantitative estimate of drug-likeness (QED) is 0.915. The number of halogens is 2. The predicted octanol–water partition coefficient (Wildman–Crippen LogP) is 4.02. The molecule has 0 aliphatic rings. The van der Waals surface area contributed by atoms with Gasteiger partial charge in [-0.25, -0.2) is 8.78 Å². The summed E-state index contributed by atoms with van der Waals surface area (Å²) in [6.07, 6.45) is -3.47. The van der Waals surface area contributed by atoms with E-state index in [-0.39, 0.29) is 5.56 Å². The number of methoxy groups -OCH3 is 1. The maximum atomic E-state index is 12.7. The zero-order chi connectivity index (χ0) is 14.7. The molecule has 0 amide bonds. The molecule has 0 radical (unpaired) electrons. The van der Waals surface area contributed by atoms with E-state index in [2.05, 4.69) is 0 Å². The van der Waals surface area contributed by atoms with Gasteiger partial charge in [-0.1, -0.05) is 24.3 Å². The lowest BCUT2D eigenvalue weighted by Crippen LogP contribution is -2.03. The number of aryl methyl sites for hydroxylation is 1. The Morgan fingerprint density at radius 3 is 2.35 bits per heavy atom. The van der Waals surface area contributed by atoms with Crippen LogP contribution in [0.4, 0.5) is 8.78 Å². The molecule has 2 rings (SSSR count). The van der Waals surface area contributed by atoms with Crippen molar-refractivity contribution in [1.82, 2.24) is 0 Å². The summed E-state index contributed by atoms with van der Waals surface area (Å²) < 4.78 is 30.5. The van der Waals surface area contributed by atoms with Gasteiger partial charge in [0, 0.05) is 5.56 Å². The van der Waals surface area contributed by atoms with Crippen molar-refractivity contribution >= 4 is 0 Å². The van der Waals surface area contributed by atoms with Crippen LogP contribution >= 0.6 is 0 Å². The van der Waals surface area contributed by atoms with Crippen molar-refractivity contribution in [2.45, 2.75) is 19.5 Å². The second kappa shape index (κ2) is 6.01. The summed E-state index contributed by atoms with van der Waals surface area (Å²) in [5.41, 5.74) is 1.89. The fourth-order valence-corrected chi connectivity index (χ4v) is 2.13. The normalized spacial score (nSPS) is 12.5. The molecule has 4 heteroatoms. The minimum absolute atomic E-state index is 0.0901. The maximum absolute atomic E-state index is 12.7. The van der Waals surface area contributed by atoms with Crippen LogP contribution in [0.3, 0.4) is 0 Å². The molecule has 106 valence electrons. The van der Waals surface area contributed by atoms with Crippen molar-refractivity contribution < 1.29 is 18.6 Å². The summed E-state index contributed by atoms with van der Waals surface area (Å²) in [6, 6.07) is 11.1. The zero-order valence-corrected chi connectivity index (χ0v) is 11.3. The molecule has 0 aliphatic heterocycles. The third-order valence-corrected chi connectivity index (χ3v) is 3.25. The van der Waals surface area contributed by atoms with E-state index in [1.54, 1.807) is 31.4 Å². The Balaban J connectivity index is 2.35. The van der Waals surface area contributed by atoms with Gasteiger partial charge in [-0.2, -0.15) is 0 Å². The Labute approximate surface area is 116 Å². The molecule has 0 saturated carbocycles. The van der Waals surface area contributed by atoms with Gasteiger partial charge in [-0.3, -0.25) is 0 Å². The van der Waals surface area contributed by atoms with Gasteiger partial charge >= 0.3 is 0 Å². The first-order valence-corrected chi connectivity index (χ1v) is 6.23. The molecule has 0 saturated heterocycles. The molecular weight excluding hydrogens is 262 g/mol. The van der Waals surface area contributed by atoms with E-state index in [0.29, 0.717) is 16.9 Å². The second-order valence-electron chi connectivity index (χ2n) is 4.60. The molecule has 20 heavy (non-hydrogen) atoms. The SMILES string of the molecule is COc1ccc(C(O)c2cccc(C(F)F)c2)c(C)c1. The van der Waals surface area contributed by atoms with E-state index < -0.39 is 12.5 Å². The Bertz CT molecular complexity index is 597. The van der Waals surface area contributed by atoms with Crippen LogP contribution in [-0.4, -0.2) is 12.2 Å².